The van der Waals surface area contributed by atoms with Gasteiger partial charge in [0.15, 0.2) is 11.2 Å². The Morgan fingerprint density at radius 3 is 2.26 bits per heavy atom. The molecule has 5 nitrogen and oxygen atoms in total. The van der Waals surface area contributed by atoms with Crippen molar-refractivity contribution in [2.45, 2.75) is 32.6 Å². The fraction of sp³-hybridized carbons (Fsp3) is 0.375. The van der Waals surface area contributed by atoms with Crippen LogP contribution in [0.3, 0.4) is 0 Å². The lowest BCUT2D eigenvalue weighted by Gasteiger charge is -2.24. The summed E-state index contributed by atoms with van der Waals surface area (Å²) in [6.07, 6.45) is 0. The van der Waals surface area contributed by atoms with Gasteiger partial charge < -0.3 is 15.0 Å². The van der Waals surface area contributed by atoms with E-state index < -0.39 is 6.04 Å². The zero-order valence-corrected chi connectivity index (χ0v) is 20.0. The highest BCUT2D eigenvalue weighted by molar-refractivity contribution is 7.98. The summed E-state index contributed by atoms with van der Waals surface area (Å²) in [4.78, 5) is 19.5. The maximum absolute atomic E-state index is 12.7. The number of benzene rings is 2. The first-order valence-corrected chi connectivity index (χ1v) is 12.1. The number of thioether (sulfide) groups is 1. The first-order chi connectivity index (χ1) is 15.1. The molecule has 0 saturated heterocycles. The van der Waals surface area contributed by atoms with Crippen molar-refractivity contribution >= 4 is 40.9 Å². The molecule has 2 aromatic carbocycles. The first kappa shape index (κ1) is 24.9. The lowest BCUT2D eigenvalue weighted by atomic mass is 10.2. The molecule has 0 bridgehead atoms. The maximum Gasteiger partial charge on any atom is 0.331 e. The van der Waals surface area contributed by atoms with Crippen LogP contribution in [0.4, 0.5) is 0 Å². The minimum atomic E-state index is -0.629. The topological polar surface area (TPSA) is 53.9 Å². The largest absolute Gasteiger partial charge is 0.464 e. The molecule has 2 rings (SSSR count). The number of rotatable bonds is 10. The van der Waals surface area contributed by atoms with Crippen molar-refractivity contribution < 1.29 is 9.53 Å². The third kappa shape index (κ3) is 8.34. The maximum atomic E-state index is 12.7. The Kier molecular flexibility index (Phi) is 11.1. The van der Waals surface area contributed by atoms with E-state index in [-0.39, 0.29) is 5.97 Å². The van der Waals surface area contributed by atoms with Gasteiger partial charge in [-0.25, -0.2) is 4.79 Å². The van der Waals surface area contributed by atoms with Crippen molar-refractivity contribution in [3.63, 3.8) is 0 Å². The molecule has 7 heteroatoms. The monoisotopic (exact) mass is 457 g/mol. The average molecular weight is 458 g/mol. The predicted octanol–water partition coefficient (Wildman–Crippen LogP) is 4.51. The van der Waals surface area contributed by atoms with E-state index in [2.05, 4.69) is 31.3 Å². The molecular formula is C24H31N3O2S2. The van der Waals surface area contributed by atoms with E-state index in [0.29, 0.717) is 23.3 Å². The third-order valence-corrected chi connectivity index (χ3v) is 6.00. The second-order valence-electron chi connectivity index (χ2n) is 6.71. The smallest absolute Gasteiger partial charge is 0.331 e. The Morgan fingerprint density at radius 2 is 1.68 bits per heavy atom. The summed E-state index contributed by atoms with van der Waals surface area (Å²) in [5.41, 5.74) is 2.09. The Hall–Kier alpha value is -2.38. The van der Waals surface area contributed by atoms with E-state index in [1.807, 2.05) is 60.4 Å². The SMILES string of the molecule is CCOC(=O)C(CSCc1ccccc1)N=C(NC(=S)N(CC)CC)c1ccccc1. The molecule has 1 N–H and O–H groups in total. The van der Waals surface area contributed by atoms with Gasteiger partial charge in [-0.15, -0.1) is 0 Å². The molecule has 0 saturated carbocycles. The van der Waals surface area contributed by atoms with Crippen LogP contribution < -0.4 is 5.32 Å². The average Bonchev–Trinajstić information content (AvgIpc) is 2.80. The van der Waals surface area contributed by atoms with Crippen molar-refractivity contribution in [2.75, 3.05) is 25.4 Å². The van der Waals surface area contributed by atoms with E-state index >= 15 is 0 Å². The van der Waals surface area contributed by atoms with E-state index in [1.54, 1.807) is 11.8 Å². The summed E-state index contributed by atoms with van der Waals surface area (Å²) < 4.78 is 5.31. The van der Waals surface area contributed by atoms with Gasteiger partial charge in [-0.05, 0) is 38.6 Å². The number of nitrogens with zero attached hydrogens (tertiary/aromatic N) is 2. The van der Waals surface area contributed by atoms with Crippen LogP contribution in [0.25, 0.3) is 0 Å². The number of amidine groups is 1. The Bertz CT molecular complexity index is 840. The minimum Gasteiger partial charge on any atom is -0.464 e. The molecule has 1 atom stereocenters. The van der Waals surface area contributed by atoms with Crippen LogP contribution >= 0.6 is 24.0 Å². The molecular weight excluding hydrogens is 426 g/mol. The molecule has 2 aromatic rings. The number of hydrogen-bond acceptors (Lipinski definition) is 5. The van der Waals surface area contributed by atoms with Gasteiger partial charge in [-0.1, -0.05) is 60.7 Å². The standard InChI is InChI=1S/C24H31N3O2S2/c1-4-27(5-2)24(30)26-22(20-15-11-8-12-16-20)25-21(23(28)29-6-3)18-31-17-19-13-9-7-10-14-19/h7-16,21H,4-6,17-18H2,1-3H3,(H,25,26,30). The second-order valence-corrected chi connectivity index (χ2v) is 8.13. The molecule has 0 spiro atoms. The third-order valence-electron chi connectivity index (χ3n) is 4.55. The molecule has 0 aliphatic heterocycles. The van der Waals surface area contributed by atoms with E-state index in [1.165, 1.54) is 5.56 Å². The van der Waals surface area contributed by atoms with Gasteiger partial charge in [0.05, 0.1) is 6.61 Å². The second kappa shape index (κ2) is 13.8. The summed E-state index contributed by atoms with van der Waals surface area (Å²) in [7, 11) is 0. The van der Waals surface area contributed by atoms with Crippen LogP contribution in [0, 0.1) is 0 Å². The molecule has 0 fully saturated rings. The van der Waals surface area contributed by atoms with Crippen molar-refractivity contribution in [3.05, 3.63) is 71.8 Å². The quantitative estimate of drug-likeness (QED) is 0.245. The van der Waals surface area contributed by atoms with E-state index in [4.69, 9.17) is 21.9 Å². The highest BCUT2D eigenvalue weighted by Crippen LogP contribution is 2.16. The van der Waals surface area contributed by atoms with Gasteiger partial charge in [0, 0.05) is 30.2 Å². The van der Waals surface area contributed by atoms with Gasteiger partial charge in [0.25, 0.3) is 0 Å². The van der Waals surface area contributed by atoms with Gasteiger partial charge in [-0.2, -0.15) is 11.8 Å². The van der Waals surface area contributed by atoms with Gasteiger partial charge >= 0.3 is 5.97 Å². The van der Waals surface area contributed by atoms with Crippen LogP contribution in [-0.2, 0) is 15.3 Å². The first-order valence-electron chi connectivity index (χ1n) is 10.6. The highest BCUT2D eigenvalue weighted by atomic mass is 32.2. The molecule has 0 aromatic heterocycles. The van der Waals surface area contributed by atoms with Crippen LogP contribution in [0.5, 0.6) is 0 Å². The molecule has 0 amide bonds. The summed E-state index contributed by atoms with van der Waals surface area (Å²) in [6, 6.07) is 19.3. The summed E-state index contributed by atoms with van der Waals surface area (Å²) in [6.45, 7) is 7.82. The normalized spacial score (nSPS) is 12.2. The molecule has 31 heavy (non-hydrogen) atoms. The van der Waals surface area contributed by atoms with Crippen molar-refractivity contribution in [1.29, 1.82) is 0 Å². The fourth-order valence-corrected chi connectivity index (χ4v) is 4.22. The molecule has 0 radical (unpaired) electrons. The molecule has 166 valence electrons. The van der Waals surface area contributed by atoms with Crippen LogP contribution in [-0.4, -0.2) is 53.3 Å². The van der Waals surface area contributed by atoms with Gasteiger partial charge in [0.2, 0.25) is 0 Å². The van der Waals surface area contributed by atoms with Crippen LogP contribution in [0.15, 0.2) is 65.7 Å². The Balaban J connectivity index is 2.25. The number of carbonyl (C=O) groups is 1. The van der Waals surface area contributed by atoms with Crippen molar-refractivity contribution in [3.8, 4) is 0 Å². The molecule has 0 aliphatic rings. The van der Waals surface area contributed by atoms with Crippen molar-refractivity contribution in [1.82, 2.24) is 10.2 Å². The number of thiocarbonyl (C=S) groups is 1. The lowest BCUT2D eigenvalue weighted by Crippen LogP contribution is -2.43. The summed E-state index contributed by atoms with van der Waals surface area (Å²) in [5.74, 6) is 1.57. The molecule has 0 aliphatic carbocycles. The summed E-state index contributed by atoms with van der Waals surface area (Å²) in [5, 5.41) is 3.85. The predicted molar refractivity (Wildman–Crippen MR) is 135 cm³/mol. The van der Waals surface area contributed by atoms with Gasteiger partial charge in [0.1, 0.15) is 5.84 Å². The number of carbonyl (C=O) groups excluding carboxylic acids is 1. The Morgan fingerprint density at radius 1 is 1.06 bits per heavy atom. The zero-order chi connectivity index (χ0) is 22.5. The molecule has 1 unspecified atom stereocenters. The number of nitrogens with one attached hydrogen (secondary N) is 1. The minimum absolute atomic E-state index is 0.320. The van der Waals surface area contributed by atoms with Crippen LogP contribution in [0.2, 0.25) is 0 Å². The number of esters is 1. The van der Waals surface area contributed by atoms with Gasteiger partial charge in [-0.3, -0.25) is 4.99 Å². The van der Waals surface area contributed by atoms with Crippen molar-refractivity contribution in [2.24, 2.45) is 4.99 Å². The number of hydrogen-bond donors (Lipinski definition) is 1. The van der Waals surface area contributed by atoms with Crippen LogP contribution in [0.1, 0.15) is 31.9 Å². The molecule has 0 heterocycles. The zero-order valence-electron chi connectivity index (χ0n) is 18.4. The Labute approximate surface area is 195 Å². The highest BCUT2D eigenvalue weighted by Gasteiger charge is 2.21. The van der Waals surface area contributed by atoms with E-state index in [0.717, 1.165) is 24.4 Å². The summed E-state index contributed by atoms with van der Waals surface area (Å²) >= 11 is 7.24. The number of aliphatic imine (C=N–C) groups is 1. The fourth-order valence-electron chi connectivity index (χ4n) is 2.88. The van der Waals surface area contributed by atoms with E-state index in [9.17, 15) is 4.79 Å². The number of ether oxygens (including phenoxy) is 1. The lowest BCUT2D eigenvalue weighted by molar-refractivity contribution is -0.143.